The quantitative estimate of drug-likeness (QED) is 0.369. The highest BCUT2D eigenvalue weighted by atomic mass is 32.1. The fourth-order valence-electron chi connectivity index (χ4n) is 3.74. The van der Waals surface area contributed by atoms with Crippen LogP contribution in [-0.4, -0.2) is 53.3 Å². The second kappa shape index (κ2) is 13.5. The first kappa shape index (κ1) is 27.9. The van der Waals surface area contributed by atoms with Crippen LogP contribution in [0.3, 0.4) is 0 Å². The minimum atomic E-state index is -0.351. The Morgan fingerprint density at radius 1 is 1.00 bits per heavy atom. The standard InChI is InChI=1S/C28H34N4O4S/c1-19(2)32(27(35)22-12-14-24(36-4)15-13-22)17-26(34)31-28-30-23(18-37-28)16-25(33)29-20(3)10-11-21-8-6-5-7-9-21/h5-9,12-15,18-20H,10-11,16-17H2,1-4H3,(H,29,33)(H,30,31,34). The van der Waals surface area contributed by atoms with Gasteiger partial charge in [0.25, 0.3) is 5.91 Å². The first-order valence-electron chi connectivity index (χ1n) is 12.3. The Kier molecular flexibility index (Phi) is 10.2. The average Bonchev–Trinajstić information content (AvgIpc) is 3.32. The largest absolute Gasteiger partial charge is 0.497 e. The SMILES string of the molecule is COc1ccc(C(=O)N(CC(=O)Nc2nc(CC(=O)NC(C)CCc3ccccc3)cs2)C(C)C)cc1. The molecule has 0 saturated heterocycles. The normalized spacial score (nSPS) is 11.6. The summed E-state index contributed by atoms with van der Waals surface area (Å²) in [7, 11) is 1.56. The van der Waals surface area contributed by atoms with Crippen LogP contribution in [0.15, 0.2) is 60.0 Å². The number of nitrogens with zero attached hydrogens (tertiary/aromatic N) is 2. The van der Waals surface area contributed by atoms with E-state index in [-0.39, 0.29) is 42.8 Å². The molecule has 0 aliphatic carbocycles. The Morgan fingerprint density at radius 3 is 2.35 bits per heavy atom. The number of aryl methyl sites for hydroxylation is 1. The number of carbonyl (C=O) groups excluding carboxylic acids is 3. The van der Waals surface area contributed by atoms with E-state index in [0.29, 0.717) is 22.1 Å². The second-order valence-electron chi connectivity index (χ2n) is 9.12. The molecule has 0 saturated carbocycles. The summed E-state index contributed by atoms with van der Waals surface area (Å²) in [6, 6.07) is 16.8. The summed E-state index contributed by atoms with van der Waals surface area (Å²) in [4.78, 5) is 44.0. The van der Waals surface area contributed by atoms with Crippen molar-refractivity contribution in [1.29, 1.82) is 0 Å². The Labute approximate surface area is 222 Å². The molecule has 37 heavy (non-hydrogen) atoms. The van der Waals surface area contributed by atoms with Crippen molar-refractivity contribution >= 4 is 34.2 Å². The van der Waals surface area contributed by atoms with Gasteiger partial charge in [0.15, 0.2) is 5.13 Å². The molecule has 0 aliphatic rings. The molecular weight excluding hydrogens is 488 g/mol. The third-order valence-electron chi connectivity index (χ3n) is 5.79. The van der Waals surface area contributed by atoms with Crippen molar-refractivity contribution in [2.24, 2.45) is 0 Å². The molecule has 0 radical (unpaired) electrons. The van der Waals surface area contributed by atoms with Crippen LogP contribution in [0, 0.1) is 0 Å². The van der Waals surface area contributed by atoms with Gasteiger partial charge >= 0.3 is 0 Å². The predicted molar refractivity (Wildman–Crippen MR) is 146 cm³/mol. The summed E-state index contributed by atoms with van der Waals surface area (Å²) >= 11 is 1.25. The Hall–Kier alpha value is -3.72. The monoisotopic (exact) mass is 522 g/mol. The molecule has 3 aromatic rings. The minimum Gasteiger partial charge on any atom is -0.497 e. The van der Waals surface area contributed by atoms with E-state index >= 15 is 0 Å². The molecule has 1 unspecified atom stereocenters. The first-order valence-corrected chi connectivity index (χ1v) is 13.2. The van der Waals surface area contributed by atoms with Crippen molar-refractivity contribution in [2.75, 3.05) is 19.0 Å². The smallest absolute Gasteiger partial charge is 0.254 e. The molecule has 0 fully saturated rings. The summed E-state index contributed by atoms with van der Waals surface area (Å²) in [5, 5.41) is 7.91. The molecular formula is C28H34N4O4S. The molecule has 9 heteroatoms. The van der Waals surface area contributed by atoms with E-state index in [0.717, 1.165) is 12.8 Å². The van der Waals surface area contributed by atoms with Crippen molar-refractivity contribution in [3.63, 3.8) is 0 Å². The van der Waals surface area contributed by atoms with Gasteiger partial charge in [-0.05, 0) is 63.4 Å². The summed E-state index contributed by atoms with van der Waals surface area (Å²) in [6.45, 7) is 5.59. The van der Waals surface area contributed by atoms with Crippen molar-refractivity contribution in [3.05, 3.63) is 76.8 Å². The molecule has 8 nitrogen and oxygen atoms in total. The molecule has 1 aromatic heterocycles. The van der Waals surface area contributed by atoms with Crippen LogP contribution in [-0.2, 0) is 22.4 Å². The highest BCUT2D eigenvalue weighted by Crippen LogP contribution is 2.18. The van der Waals surface area contributed by atoms with E-state index < -0.39 is 0 Å². The molecule has 0 bridgehead atoms. The van der Waals surface area contributed by atoms with Gasteiger partial charge in [-0.3, -0.25) is 14.4 Å². The van der Waals surface area contributed by atoms with E-state index in [4.69, 9.17) is 4.74 Å². The molecule has 0 spiro atoms. The van der Waals surface area contributed by atoms with E-state index in [2.05, 4.69) is 27.8 Å². The van der Waals surface area contributed by atoms with Gasteiger partial charge in [-0.25, -0.2) is 4.98 Å². The summed E-state index contributed by atoms with van der Waals surface area (Å²) < 4.78 is 5.14. The van der Waals surface area contributed by atoms with Crippen LogP contribution in [0.1, 0.15) is 48.8 Å². The number of hydrogen-bond donors (Lipinski definition) is 2. The molecule has 2 N–H and O–H groups in total. The lowest BCUT2D eigenvalue weighted by Crippen LogP contribution is -2.42. The Bertz CT molecular complexity index is 1180. The van der Waals surface area contributed by atoms with Gasteiger partial charge in [0.2, 0.25) is 11.8 Å². The average molecular weight is 523 g/mol. The predicted octanol–water partition coefficient (Wildman–Crippen LogP) is 4.32. The van der Waals surface area contributed by atoms with Crippen molar-refractivity contribution in [1.82, 2.24) is 15.2 Å². The number of amides is 3. The van der Waals surface area contributed by atoms with Crippen LogP contribution in [0.5, 0.6) is 5.75 Å². The van der Waals surface area contributed by atoms with Gasteiger partial charge in [-0.2, -0.15) is 0 Å². The second-order valence-corrected chi connectivity index (χ2v) is 9.98. The fourth-order valence-corrected chi connectivity index (χ4v) is 4.46. The molecule has 1 atom stereocenters. The third-order valence-corrected chi connectivity index (χ3v) is 6.60. The number of thiazole rings is 1. The maximum Gasteiger partial charge on any atom is 0.254 e. The molecule has 3 amide bonds. The lowest BCUT2D eigenvalue weighted by molar-refractivity contribution is -0.121. The van der Waals surface area contributed by atoms with E-state index in [1.165, 1.54) is 21.8 Å². The van der Waals surface area contributed by atoms with Crippen LogP contribution in [0.2, 0.25) is 0 Å². The molecule has 3 rings (SSSR count). The molecule has 196 valence electrons. The van der Waals surface area contributed by atoms with Crippen LogP contribution in [0.25, 0.3) is 0 Å². The zero-order chi connectivity index (χ0) is 26.8. The fraction of sp³-hybridized carbons (Fsp3) is 0.357. The zero-order valence-corrected chi connectivity index (χ0v) is 22.5. The van der Waals surface area contributed by atoms with Crippen LogP contribution in [0.4, 0.5) is 5.13 Å². The van der Waals surface area contributed by atoms with E-state index in [1.807, 2.05) is 39.0 Å². The van der Waals surface area contributed by atoms with Gasteiger partial charge in [0.1, 0.15) is 12.3 Å². The maximum absolute atomic E-state index is 13.0. The lowest BCUT2D eigenvalue weighted by atomic mass is 10.1. The van der Waals surface area contributed by atoms with Gasteiger partial charge in [-0.1, -0.05) is 30.3 Å². The number of hydrogen-bond acceptors (Lipinski definition) is 6. The number of carbonyl (C=O) groups is 3. The van der Waals surface area contributed by atoms with Crippen LogP contribution >= 0.6 is 11.3 Å². The highest BCUT2D eigenvalue weighted by Gasteiger charge is 2.22. The van der Waals surface area contributed by atoms with Gasteiger partial charge in [-0.15, -0.1) is 11.3 Å². The molecule has 0 aliphatic heterocycles. The van der Waals surface area contributed by atoms with Crippen LogP contribution < -0.4 is 15.4 Å². The van der Waals surface area contributed by atoms with E-state index in [1.54, 1.807) is 36.8 Å². The zero-order valence-electron chi connectivity index (χ0n) is 21.7. The number of aromatic nitrogens is 1. The number of ether oxygens (including phenoxy) is 1. The first-order chi connectivity index (χ1) is 17.7. The molecule has 1 heterocycles. The van der Waals surface area contributed by atoms with Gasteiger partial charge in [0, 0.05) is 23.0 Å². The summed E-state index contributed by atoms with van der Waals surface area (Å²) in [5.41, 5.74) is 2.30. The number of rotatable bonds is 12. The minimum absolute atomic E-state index is 0.0378. The number of anilines is 1. The lowest BCUT2D eigenvalue weighted by Gasteiger charge is -2.26. The van der Waals surface area contributed by atoms with Crippen molar-refractivity contribution < 1.29 is 19.1 Å². The van der Waals surface area contributed by atoms with Crippen molar-refractivity contribution in [3.8, 4) is 5.75 Å². The Morgan fingerprint density at radius 2 is 1.70 bits per heavy atom. The Balaban J connectivity index is 1.48. The number of nitrogens with one attached hydrogen (secondary N) is 2. The third kappa shape index (κ3) is 8.71. The van der Waals surface area contributed by atoms with Gasteiger partial charge in [0.05, 0.1) is 19.2 Å². The van der Waals surface area contributed by atoms with Crippen molar-refractivity contribution in [2.45, 2.75) is 52.1 Å². The highest BCUT2D eigenvalue weighted by molar-refractivity contribution is 7.13. The summed E-state index contributed by atoms with van der Waals surface area (Å²) in [6.07, 6.45) is 1.87. The topological polar surface area (TPSA) is 101 Å². The van der Waals surface area contributed by atoms with Gasteiger partial charge < -0.3 is 20.3 Å². The number of methoxy groups -OCH3 is 1. The number of benzene rings is 2. The summed E-state index contributed by atoms with van der Waals surface area (Å²) in [5.74, 6) is -0.0544. The molecule has 2 aromatic carbocycles. The maximum atomic E-state index is 13.0. The van der Waals surface area contributed by atoms with E-state index in [9.17, 15) is 14.4 Å².